The number of rotatable bonds is 3. The summed E-state index contributed by atoms with van der Waals surface area (Å²) in [6.45, 7) is 0. The second-order valence-corrected chi connectivity index (χ2v) is 5.06. The normalized spacial score (nSPS) is 16.2. The van der Waals surface area contributed by atoms with Gasteiger partial charge < -0.3 is 5.32 Å². The zero-order valence-corrected chi connectivity index (χ0v) is 11.3. The number of nitrogens with one attached hydrogen (secondary N) is 1. The summed E-state index contributed by atoms with van der Waals surface area (Å²) in [5.41, 5.74) is 0.832. The Morgan fingerprint density at radius 2 is 1.70 bits per heavy atom. The Balaban J connectivity index is 2.27. The Hall–Kier alpha value is -1.49. The fourth-order valence-corrected chi connectivity index (χ4v) is 2.30. The zero-order chi connectivity index (χ0) is 14.8. The smallest absolute Gasteiger partial charge is 0.359 e. The number of hydrogen-bond donors (Lipinski definition) is 1. The first-order valence-corrected chi connectivity index (χ1v) is 6.62. The third-order valence-electron chi connectivity index (χ3n) is 3.14. The molecule has 20 heavy (non-hydrogen) atoms. The maximum Gasteiger partial charge on any atom is 0.454 e. The van der Waals surface area contributed by atoms with Crippen molar-refractivity contribution in [3.63, 3.8) is 0 Å². The van der Waals surface area contributed by atoms with Crippen LogP contribution >= 0.6 is 11.6 Å². The van der Waals surface area contributed by atoms with E-state index in [9.17, 15) is 18.0 Å². The van der Waals surface area contributed by atoms with Crippen LogP contribution < -0.4 is 5.32 Å². The van der Waals surface area contributed by atoms with Gasteiger partial charge in [0.1, 0.15) is 0 Å². The van der Waals surface area contributed by atoms with E-state index in [0.717, 1.165) is 6.42 Å². The van der Waals surface area contributed by atoms with Crippen LogP contribution in [-0.4, -0.2) is 12.0 Å². The molecule has 0 bridgehead atoms. The number of alkyl halides is 3. The second kappa shape index (κ2) is 5.87. The van der Waals surface area contributed by atoms with Crippen LogP contribution in [0.2, 0.25) is 5.02 Å². The van der Waals surface area contributed by atoms with Crippen LogP contribution in [0.5, 0.6) is 0 Å². The van der Waals surface area contributed by atoms with Crippen LogP contribution in [-0.2, 0) is 4.79 Å². The van der Waals surface area contributed by atoms with Gasteiger partial charge >= 0.3 is 6.18 Å². The average molecular weight is 304 g/mol. The highest BCUT2D eigenvalue weighted by atomic mass is 35.5. The molecule has 1 aromatic carbocycles. The van der Waals surface area contributed by atoms with Gasteiger partial charge in [0.05, 0.1) is 0 Å². The summed E-state index contributed by atoms with van der Waals surface area (Å²) in [6.07, 6.45) is -2.85. The van der Waals surface area contributed by atoms with Crippen molar-refractivity contribution < 1.29 is 18.0 Å². The molecular formula is C14H13ClF3NO. The van der Waals surface area contributed by atoms with E-state index >= 15 is 0 Å². The fraction of sp³-hybridized carbons (Fsp3) is 0.357. The van der Waals surface area contributed by atoms with Crippen LogP contribution in [0.1, 0.15) is 25.7 Å². The van der Waals surface area contributed by atoms with Gasteiger partial charge in [0.2, 0.25) is 0 Å². The van der Waals surface area contributed by atoms with Crippen LogP contribution in [0.3, 0.4) is 0 Å². The number of ketones is 1. The van der Waals surface area contributed by atoms with Gasteiger partial charge in [-0.25, -0.2) is 0 Å². The second-order valence-electron chi connectivity index (χ2n) is 4.62. The van der Waals surface area contributed by atoms with Crippen molar-refractivity contribution in [3.05, 3.63) is 40.6 Å². The van der Waals surface area contributed by atoms with E-state index in [2.05, 4.69) is 5.32 Å². The SMILES string of the molecule is O=C(C1=C(Nc2ccc(Cl)cc2)CCCC1)C(F)(F)F. The summed E-state index contributed by atoms with van der Waals surface area (Å²) in [5, 5.41) is 3.45. The molecule has 0 saturated carbocycles. The van der Waals surface area contributed by atoms with Crippen molar-refractivity contribution in [1.82, 2.24) is 0 Å². The summed E-state index contributed by atoms with van der Waals surface area (Å²) in [4.78, 5) is 11.4. The molecule has 6 heteroatoms. The van der Waals surface area contributed by atoms with Crippen molar-refractivity contribution in [2.24, 2.45) is 0 Å². The number of carbonyl (C=O) groups excluding carboxylic acids is 1. The lowest BCUT2D eigenvalue weighted by atomic mass is 9.93. The van der Waals surface area contributed by atoms with E-state index in [-0.39, 0.29) is 12.0 Å². The molecule has 0 aliphatic heterocycles. The van der Waals surface area contributed by atoms with Crippen molar-refractivity contribution >= 4 is 23.1 Å². The summed E-state index contributed by atoms with van der Waals surface area (Å²) in [5.74, 6) is -1.74. The van der Waals surface area contributed by atoms with E-state index in [1.807, 2.05) is 0 Å². The zero-order valence-electron chi connectivity index (χ0n) is 10.6. The highest BCUT2D eigenvalue weighted by Gasteiger charge is 2.41. The lowest BCUT2D eigenvalue weighted by molar-refractivity contribution is -0.166. The molecule has 0 amide bonds. The first-order valence-electron chi connectivity index (χ1n) is 6.24. The van der Waals surface area contributed by atoms with E-state index in [0.29, 0.717) is 29.2 Å². The first kappa shape index (κ1) is 14.9. The van der Waals surface area contributed by atoms with Crippen molar-refractivity contribution in [3.8, 4) is 0 Å². The number of benzene rings is 1. The van der Waals surface area contributed by atoms with Gasteiger partial charge in [-0.05, 0) is 49.9 Å². The maximum atomic E-state index is 12.6. The van der Waals surface area contributed by atoms with Crippen molar-refractivity contribution in [2.75, 3.05) is 5.32 Å². The Bertz CT molecular complexity index is 534. The van der Waals surface area contributed by atoms with Crippen LogP contribution in [0, 0.1) is 0 Å². The molecule has 0 spiro atoms. The van der Waals surface area contributed by atoms with Gasteiger partial charge in [-0.15, -0.1) is 0 Å². The Morgan fingerprint density at radius 1 is 1.10 bits per heavy atom. The average Bonchev–Trinajstić information content (AvgIpc) is 2.40. The predicted molar refractivity (Wildman–Crippen MR) is 71.6 cm³/mol. The summed E-state index contributed by atoms with van der Waals surface area (Å²) in [6, 6.07) is 6.61. The van der Waals surface area contributed by atoms with Crippen LogP contribution in [0.25, 0.3) is 0 Å². The van der Waals surface area contributed by atoms with Gasteiger partial charge in [0.25, 0.3) is 5.78 Å². The Labute approximate surface area is 119 Å². The van der Waals surface area contributed by atoms with Gasteiger partial charge in [0.15, 0.2) is 0 Å². The molecule has 2 nitrogen and oxygen atoms in total. The molecule has 0 heterocycles. The number of hydrogen-bond acceptors (Lipinski definition) is 2. The quantitative estimate of drug-likeness (QED) is 0.876. The molecule has 1 aliphatic carbocycles. The van der Waals surface area contributed by atoms with Crippen LogP contribution in [0.15, 0.2) is 35.5 Å². The molecule has 0 radical (unpaired) electrons. The minimum atomic E-state index is -4.82. The fourth-order valence-electron chi connectivity index (χ4n) is 2.17. The lowest BCUT2D eigenvalue weighted by Crippen LogP contribution is -2.28. The maximum absolute atomic E-state index is 12.6. The van der Waals surface area contributed by atoms with Crippen molar-refractivity contribution in [1.29, 1.82) is 0 Å². The van der Waals surface area contributed by atoms with Gasteiger partial charge in [-0.3, -0.25) is 4.79 Å². The lowest BCUT2D eigenvalue weighted by Gasteiger charge is -2.21. The highest BCUT2D eigenvalue weighted by molar-refractivity contribution is 6.30. The minimum absolute atomic E-state index is 0.154. The molecule has 2 rings (SSSR count). The van der Waals surface area contributed by atoms with E-state index in [1.165, 1.54) is 0 Å². The van der Waals surface area contributed by atoms with E-state index in [4.69, 9.17) is 11.6 Å². The number of allylic oxidation sites excluding steroid dienone is 2. The summed E-state index contributed by atoms with van der Waals surface area (Å²) in [7, 11) is 0. The minimum Gasteiger partial charge on any atom is -0.359 e. The molecule has 0 saturated heterocycles. The standard InChI is InChI=1S/C14H13ClF3NO/c15-9-5-7-10(8-6-9)19-12-4-2-1-3-11(12)13(20)14(16,17)18/h5-8,19H,1-4H2. The Kier molecular flexibility index (Phi) is 4.38. The van der Waals surface area contributed by atoms with Gasteiger partial charge in [0, 0.05) is 22.0 Å². The highest BCUT2D eigenvalue weighted by Crippen LogP contribution is 2.32. The monoisotopic (exact) mass is 303 g/mol. The third-order valence-corrected chi connectivity index (χ3v) is 3.39. The first-order chi connectivity index (χ1) is 9.38. The van der Waals surface area contributed by atoms with E-state index in [1.54, 1.807) is 24.3 Å². The Morgan fingerprint density at radius 3 is 2.30 bits per heavy atom. The number of halogens is 4. The van der Waals surface area contributed by atoms with Crippen molar-refractivity contribution in [2.45, 2.75) is 31.9 Å². The van der Waals surface area contributed by atoms with E-state index < -0.39 is 12.0 Å². The number of anilines is 1. The van der Waals surface area contributed by atoms with Crippen LogP contribution in [0.4, 0.5) is 18.9 Å². The molecule has 0 atom stereocenters. The molecular weight excluding hydrogens is 291 g/mol. The number of carbonyl (C=O) groups is 1. The summed E-state index contributed by atoms with van der Waals surface area (Å²) >= 11 is 5.75. The largest absolute Gasteiger partial charge is 0.454 e. The predicted octanol–water partition coefficient (Wildman–Crippen LogP) is 4.71. The molecule has 1 aliphatic rings. The molecule has 1 aromatic rings. The molecule has 0 unspecified atom stereocenters. The molecule has 1 N–H and O–H groups in total. The number of Topliss-reactive ketones (excluding diaryl/α,β-unsaturated/α-hetero) is 1. The topological polar surface area (TPSA) is 29.1 Å². The summed E-state index contributed by atoms with van der Waals surface area (Å²) < 4.78 is 37.7. The molecule has 108 valence electrons. The molecule has 0 fully saturated rings. The van der Waals surface area contributed by atoms with Gasteiger partial charge in [-0.2, -0.15) is 13.2 Å². The molecule has 0 aromatic heterocycles. The third kappa shape index (κ3) is 3.54. The van der Waals surface area contributed by atoms with Gasteiger partial charge in [-0.1, -0.05) is 11.6 Å².